The largest absolute Gasteiger partial charge is 0.393 e. The third-order valence-electron chi connectivity index (χ3n) is 2.66. The SMILES string of the molecule is COCCN(CCC(N)=S)S(=O)(=O)c1cc(Cl)ccc1Cl. The summed E-state index contributed by atoms with van der Waals surface area (Å²) < 4.78 is 31.5. The average Bonchev–Trinajstić information content (AvgIpc) is 2.40. The van der Waals surface area contributed by atoms with Gasteiger partial charge in [0.25, 0.3) is 0 Å². The predicted molar refractivity (Wildman–Crippen MR) is 88.5 cm³/mol. The summed E-state index contributed by atoms with van der Waals surface area (Å²) in [6, 6.07) is 4.29. The second-order valence-corrected chi connectivity index (χ2v) is 7.46. The van der Waals surface area contributed by atoms with E-state index in [2.05, 4.69) is 0 Å². The lowest BCUT2D eigenvalue weighted by Crippen LogP contribution is -2.36. The Balaban J connectivity index is 3.12. The molecule has 0 spiro atoms. The fraction of sp³-hybridized carbons (Fsp3) is 0.417. The van der Waals surface area contributed by atoms with Gasteiger partial charge in [-0.2, -0.15) is 4.31 Å². The van der Waals surface area contributed by atoms with E-state index >= 15 is 0 Å². The molecule has 1 rings (SSSR count). The first kappa shape index (κ1) is 18.6. The molecule has 0 aromatic heterocycles. The molecule has 0 aliphatic heterocycles. The van der Waals surface area contributed by atoms with Gasteiger partial charge in [0.15, 0.2) is 0 Å². The number of rotatable bonds is 8. The van der Waals surface area contributed by atoms with E-state index in [1.165, 1.54) is 29.6 Å². The highest BCUT2D eigenvalue weighted by Gasteiger charge is 2.26. The van der Waals surface area contributed by atoms with Crippen molar-refractivity contribution < 1.29 is 13.2 Å². The first-order valence-corrected chi connectivity index (χ1v) is 8.62. The molecule has 0 fully saturated rings. The van der Waals surface area contributed by atoms with Crippen LogP contribution in [0.4, 0.5) is 0 Å². The number of halogens is 2. The lowest BCUT2D eigenvalue weighted by Gasteiger charge is -2.22. The summed E-state index contributed by atoms with van der Waals surface area (Å²) in [7, 11) is -2.31. The summed E-state index contributed by atoms with van der Waals surface area (Å²) in [6.07, 6.45) is 0.274. The van der Waals surface area contributed by atoms with Crippen molar-refractivity contribution in [1.29, 1.82) is 0 Å². The summed E-state index contributed by atoms with van der Waals surface area (Å²) in [5.74, 6) is 0. The van der Waals surface area contributed by atoms with Crippen LogP contribution in [-0.2, 0) is 14.8 Å². The van der Waals surface area contributed by atoms with Gasteiger partial charge in [-0.3, -0.25) is 0 Å². The zero-order valence-corrected chi connectivity index (χ0v) is 14.5. The number of hydrogen-bond donors (Lipinski definition) is 1. The van der Waals surface area contributed by atoms with Gasteiger partial charge in [0.05, 0.1) is 16.6 Å². The van der Waals surface area contributed by atoms with Crippen molar-refractivity contribution in [2.45, 2.75) is 11.3 Å². The minimum Gasteiger partial charge on any atom is -0.393 e. The molecule has 0 saturated heterocycles. The highest BCUT2D eigenvalue weighted by molar-refractivity contribution is 7.89. The molecule has 5 nitrogen and oxygen atoms in total. The van der Waals surface area contributed by atoms with Crippen LogP contribution in [0.25, 0.3) is 0 Å². The molecule has 2 N–H and O–H groups in total. The van der Waals surface area contributed by atoms with Crippen molar-refractivity contribution in [3.05, 3.63) is 28.2 Å². The Morgan fingerprint density at radius 2 is 2.05 bits per heavy atom. The normalized spacial score (nSPS) is 11.8. The molecule has 1 aromatic rings. The molecular formula is C12H16Cl2N2O3S2. The number of nitrogens with zero attached hydrogens (tertiary/aromatic N) is 1. The lowest BCUT2D eigenvalue weighted by atomic mass is 10.4. The van der Waals surface area contributed by atoms with Crippen LogP contribution in [0.3, 0.4) is 0 Å². The van der Waals surface area contributed by atoms with Crippen molar-refractivity contribution >= 4 is 50.4 Å². The maximum atomic E-state index is 12.7. The first-order chi connectivity index (χ1) is 9.78. The molecule has 0 amide bonds. The Kier molecular flexibility index (Phi) is 7.32. The van der Waals surface area contributed by atoms with Gasteiger partial charge in [0, 0.05) is 31.6 Å². The Morgan fingerprint density at radius 3 is 2.62 bits per heavy atom. The van der Waals surface area contributed by atoms with E-state index < -0.39 is 10.0 Å². The molecule has 9 heteroatoms. The summed E-state index contributed by atoms with van der Waals surface area (Å²) >= 11 is 16.6. The molecule has 0 radical (unpaired) electrons. The van der Waals surface area contributed by atoms with Gasteiger partial charge in [0.2, 0.25) is 10.0 Å². The zero-order valence-electron chi connectivity index (χ0n) is 11.4. The van der Waals surface area contributed by atoms with E-state index in [0.29, 0.717) is 5.02 Å². The van der Waals surface area contributed by atoms with E-state index in [9.17, 15) is 8.42 Å². The monoisotopic (exact) mass is 370 g/mol. The number of methoxy groups -OCH3 is 1. The van der Waals surface area contributed by atoms with Crippen molar-refractivity contribution in [2.24, 2.45) is 5.73 Å². The second kappa shape index (κ2) is 8.26. The van der Waals surface area contributed by atoms with Crippen LogP contribution in [0, 0.1) is 0 Å². The number of hydrogen-bond acceptors (Lipinski definition) is 4. The molecular weight excluding hydrogens is 355 g/mol. The fourth-order valence-corrected chi connectivity index (χ4v) is 3.85. The van der Waals surface area contributed by atoms with Crippen LogP contribution in [0.1, 0.15) is 6.42 Å². The topological polar surface area (TPSA) is 72.6 Å². The van der Waals surface area contributed by atoms with Gasteiger partial charge in [-0.25, -0.2) is 8.42 Å². The van der Waals surface area contributed by atoms with Gasteiger partial charge >= 0.3 is 0 Å². The second-order valence-electron chi connectivity index (χ2n) is 4.19. The van der Waals surface area contributed by atoms with Crippen LogP contribution >= 0.6 is 35.4 Å². The van der Waals surface area contributed by atoms with E-state index in [0.717, 1.165) is 0 Å². The van der Waals surface area contributed by atoms with Gasteiger partial charge in [0.1, 0.15) is 4.90 Å². The molecule has 0 heterocycles. The van der Waals surface area contributed by atoms with Crippen LogP contribution in [-0.4, -0.2) is 44.5 Å². The average molecular weight is 371 g/mol. The van der Waals surface area contributed by atoms with E-state index in [1.807, 2.05) is 0 Å². The van der Waals surface area contributed by atoms with E-state index in [4.69, 9.17) is 45.9 Å². The minimum absolute atomic E-state index is 0.0456. The Morgan fingerprint density at radius 1 is 1.38 bits per heavy atom. The number of benzene rings is 1. The zero-order chi connectivity index (χ0) is 16.0. The third-order valence-corrected chi connectivity index (χ3v) is 5.48. The number of ether oxygens (including phenoxy) is 1. The molecule has 1 aromatic carbocycles. The predicted octanol–water partition coefficient (Wildman–Crippen LogP) is 2.31. The standard InChI is InChI=1S/C12H16Cl2N2O3S2/c1-19-7-6-16(5-4-12(15)20)21(17,18)11-8-9(13)2-3-10(11)14/h2-3,8H,4-7H2,1H3,(H2,15,20). The van der Waals surface area contributed by atoms with Gasteiger partial charge in [-0.05, 0) is 18.2 Å². The smallest absolute Gasteiger partial charge is 0.244 e. The van der Waals surface area contributed by atoms with Gasteiger partial charge < -0.3 is 10.5 Å². The van der Waals surface area contributed by atoms with Crippen LogP contribution in [0.15, 0.2) is 23.1 Å². The molecule has 0 atom stereocenters. The van der Waals surface area contributed by atoms with Crippen LogP contribution < -0.4 is 5.73 Å². The number of thiocarbonyl (C=S) groups is 1. The van der Waals surface area contributed by atoms with Crippen molar-refractivity contribution in [3.8, 4) is 0 Å². The summed E-state index contributed by atoms with van der Waals surface area (Å²) in [5, 5.41) is 0.399. The highest BCUT2D eigenvalue weighted by atomic mass is 35.5. The van der Waals surface area contributed by atoms with Crippen molar-refractivity contribution in [2.75, 3.05) is 26.8 Å². The summed E-state index contributed by atoms with van der Waals surface area (Å²) in [6.45, 7) is 0.572. The quantitative estimate of drug-likeness (QED) is 0.710. The molecule has 118 valence electrons. The van der Waals surface area contributed by atoms with E-state index in [-0.39, 0.29) is 41.0 Å². The van der Waals surface area contributed by atoms with Gasteiger partial charge in [-0.1, -0.05) is 35.4 Å². The molecule has 0 unspecified atom stereocenters. The molecule has 0 saturated carbocycles. The maximum absolute atomic E-state index is 12.7. The number of nitrogens with two attached hydrogens (primary N) is 1. The Hall–Kier alpha value is -0.440. The Bertz CT molecular complexity index is 609. The molecule has 0 aliphatic rings. The first-order valence-electron chi connectivity index (χ1n) is 6.01. The molecule has 21 heavy (non-hydrogen) atoms. The van der Waals surface area contributed by atoms with Crippen molar-refractivity contribution in [1.82, 2.24) is 4.31 Å². The summed E-state index contributed by atoms with van der Waals surface area (Å²) in [5.41, 5.74) is 5.44. The fourth-order valence-electron chi connectivity index (χ4n) is 1.59. The minimum atomic E-state index is -3.80. The van der Waals surface area contributed by atoms with E-state index in [1.54, 1.807) is 0 Å². The third kappa shape index (κ3) is 5.36. The maximum Gasteiger partial charge on any atom is 0.244 e. The lowest BCUT2D eigenvalue weighted by molar-refractivity contribution is 0.179. The molecule has 0 bridgehead atoms. The van der Waals surface area contributed by atoms with Crippen molar-refractivity contribution in [3.63, 3.8) is 0 Å². The van der Waals surface area contributed by atoms with Crippen LogP contribution in [0.2, 0.25) is 10.0 Å². The van der Waals surface area contributed by atoms with Gasteiger partial charge in [-0.15, -0.1) is 0 Å². The Labute approximate surface area is 140 Å². The summed E-state index contributed by atoms with van der Waals surface area (Å²) in [4.78, 5) is 0.195. The molecule has 0 aliphatic carbocycles. The van der Waals surface area contributed by atoms with Crippen LogP contribution in [0.5, 0.6) is 0 Å². The number of sulfonamides is 1. The highest BCUT2D eigenvalue weighted by Crippen LogP contribution is 2.27.